The molecule has 5 atom stereocenters. The number of hydrogen-bond acceptors (Lipinski definition) is 8. The minimum absolute atomic E-state index is 0.0235. The first kappa shape index (κ1) is 16.8. The number of carbonyl (C=O) groups is 3. The fourth-order valence-corrected chi connectivity index (χ4v) is 2.53. The van der Waals surface area contributed by atoms with Crippen molar-refractivity contribution in [3.63, 3.8) is 0 Å². The van der Waals surface area contributed by atoms with E-state index in [0.29, 0.717) is 11.5 Å². The number of rotatable bonds is 4. The van der Waals surface area contributed by atoms with Crippen LogP contribution < -0.4 is 0 Å². The van der Waals surface area contributed by atoms with E-state index in [1.807, 2.05) is 0 Å². The Morgan fingerprint density at radius 2 is 1.86 bits per heavy atom. The Balaban J connectivity index is 2.12. The molecular formula is C13H19NO8. The lowest BCUT2D eigenvalue weighted by atomic mass is 9.93. The molecule has 0 spiro atoms. The number of carbonyl (C=O) groups excluding carboxylic acids is 3. The fraction of sp³-hybridized carbons (Fsp3) is 0.769. The number of aliphatic hydroxyl groups excluding tert-OH is 2. The zero-order valence-corrected chi connectivity index (χ0v) is 12.3. The molecule has 9 nitrogen and oxygen atoms in total. The number of nitrogens with zero attached hydrogens (tertiary/aromatic N) is 1. The average molecular weight is 317 g/mol. The first-order valence-electron chi connectivity index (χ1n) is 7.02. The summed E-state index contributed by atoms with van der Waals surface area (Å²) in [4.78, 5) is 39.9. The van der Waals surface area contributed by atoms with Crippen LogP contribution in [0.5, 0.6) is 0 Å². The van der Waals surface area contributed by atoms with Crippen molar-refractivity contribution in [1.82, 2.24) is 5.06 Å². The Morgan fingerprint density at radius 1 is 1.27 bits per heavy atom. The molecule has 2 rings (SSSR count). The molecule has 0 aromatic rings. The van der Waals surface area contributed by atoms with Gasteiger partial charge in [0.25, 0.3) is 11.8 Å². The summed E-state index contributed by atoms with van der Waals surface area (Å²) in [5, 5.41) is 20.3. The summed E-state index contributed by atoms with van der Waals surface area (Å²) < 4.78 is 10.4. The maximum atomic E-state index is 12.2. The number of imide groups is 1. The lowest BCUT2D eigenvalue weighted by Crippen LogP contribution is -2.61. The maximum absolute atomic E-state index is 12.2. The van der Waals surface area contributed by atoms with Gasteiger partial charge in [-0.15, -0.1) is 5.06 Å². The van der Waals surface area contributed by atoms with E-state index in [0.717, 1.165) is 0 Å². The monoisotopic (exact) mass is 317 g/mol. The summed E-state index contributed by atoms with van der Waals surface area (Å²) in [5.74, 6) is -2.26. The molecule has 2 N–H and O–H groups in total. The number of methoxy groups -OCH3 is 1. The number of hydrogen-bond donors (Lipinski definition) is 2. The van der Waals surface area contributed by atoms with Gasteiger partial charge in [0.15, 0.2) is 6.10 Å². The van der Waals surface area contributed by atoms with Crippen LogP contribution in [0.25, 0.3) is 0 Å². The van der Waals surface area contributed by atoms with Crippen molar-refractivity contribution in [2.24, 2.45) is 0 Å². The van der Waals surface area contributed by atoms with E-state index in [1.54, 1.807) is 6.92 Å². The Labute approximate surface area is 126 Å². The predicted octanol–water partition coefficient (Wildman–Crippen LogP) is -1.49. The van der Waals surface area contributed by atoms with Crippen molar-refractivity contribution in [1.29, 1.82) is 0 Å². The smallest absolute Gasteiger partial charge is 0.364 e. The Hall–Kier alpha value is -1.55. The van der Waals surface area contributed by atoms with Gasteiger partial charge < -0.3 is 24.5 Å². The lowest BCUT2D eigenvalue weighted by Gasteiger charge is -2.40. The van der Waals surface area contributed by atoms with E-state index in [9.17, 15) is 24.6 Å². The third-order valence-electron chi connectivity index (χ3n) is 3.78. The van der Waals surface area contributed by atoms with Gasteiger partial charge >= 0.3 is 5.97 Å². The molecule has 9 heteroatoms. The van der Waals surface area contributed by atoms with Crippen LogP contribution >= 0.6 is 0 Å². The third-order valence-corrected chi connectivity index (χ3v) is 3.78. The second-order valence-electron chi connectivity index (χ2n) is 5.18. The first-order valence-corrected chi connectivity index (χ1v) is 7.02. The van der Waals surface area contributed by atoms with Crippen molar-refractivity contribution < 1.29 is 38.9 Å². The van der Waals surface area contributed by atoms with Gasteiger partial charge in [0.2, 0.25) is 0 Å². The summed E-state index contributed by atoms with van der Waals surface area (Å²) >= 11 is 0. The van der Waals surface area contributed by atoms with Crippen molar-refractivity contribution >= 4 is 17.8 Å². The molecule has 2 amide bonds. The summed E-state index contributed by atoms with van der Waals surface area (Å²) in [5.41, 5.74) is 0. The molecule has 2 heterocycles. The van der Waals surface area contributed by atoms with E-state index in [1.165, 1.54) is 7.11 Å². The SMILES string of the molecule is CCC1OC(C(=O)ON2C(=O)CCC2=O)C(OC)C(O)C1O. The Bertz CT molecular complexity index is 451. The van der Waals surface area contributed by atoms with Crippen LogP contribution in [0.1, 0.15) is 26.2 Å². The molecule has 0 aromatic carbocycles. The van der Waals surface area contributed by atoms with E-state index in [2.05, 4.69) is 0 Å². The van der Waals surface area contributed by atoms with Crippen LogP contribution in [0.3, 0.4) is 0 Å². The molecule has 5 unspecified atom stereocenters. The van der Waals surface area contributed by atoms with Gasteiger partial charge in [0.05, 0.1) is 6.10 Å². The van der Waals surface area contributed by atoms with Crippen molar-refractivity contribution in [3.05, 3.63) is 0 Å². The van der Waals surface area contributed by atoms with Gasteiger partial charge in [-0.05, 0) is 6.42 Å². The minimum Gasteiger partial charge on any atom is -0.388 e. The molecule has 0 radical (unpaired) electrons. The molecule has 2 aliphatic rings. The van der Waals surface area contributed by atoms with E-state index in [4.69, 9.17) is 14.3 Å². The predicted molar refractivity (Wildman–Crippen MR) is 68.9 cm³/mol. The van der Waals surface area contributed by atoms with Gasteiger partial charge in [0, 0.05) is 20.0 Å². The van der Waals surface area contributed by atoms with E-state index in [-0.39, 0.29) is 12.8 Å². The highest BCUT2D eigenvalue weighted by molar-refractivity contribution is 6.01. The molecule has 2 aliphatic heterocycles. The van der Waals surface area contributed by atoms with Gasteiger partial charge in [-0.25, -0.2) is 4.79 Å². The number of aliphatic hydroxyl groups is 2. The molecule has 2 saturated heterocycles. The van der Waals surface area contributed by atoms with Gasteiger partial charge in [-0.2, -0.15) is 0 Å². The molecular weight excluding hydrogens is 298 g/mol. The summed E-state index contributed by atoms with van der Waals surface area (Å²) in [6.07, 6.45) is -5.58. The maximum Gasteiger partial charge on any atom is 0.364 e. The number of amides is 2. The minimum atomic E-state index is -1.36. The number of hydroxylamine groups is 2. The fourth-order valence-electron chi connectivity index (χ4n) is 2.53. The van der Waals surface area contributed by atoms with Crippen LogP contribution in [0.15, 0.2) is 0 Å². The van der Waals surface area contributed by atoms with Crippen LogP contribution in [0, 0.1) is 0 Å². The molecule has 0 bridgehead atoms. The van der Waals surface area contributed by atoms with E-state index < -0.39 is 48.3 Å². The second kappa shape index (κ2) is 6.69. The molecule has 22 heavy (non-hydrogen) atoms. The molecule has 0 saturated carbocycles. The molecule has 0 aliphatic carbocycles. The number of ether oxygens (including phenoxy) is 2. The lowest BCUT2D eigenvalue weighted by molar-refractivity contribution is -0.248. The largest absolute Gasteiger partial charge is 0.388 e. The van der Waals surface area contributed by atoms with E-state index >= 15 is 0 Å². The van der Waals surface area contributed by atoms with Gasteiger partial charge in [-0.3, -0.25) is 9.59 Å². The van der Waals surface area contributed by atoms with Crippen LogP contribution in [-0.2, 0) is 28.7 Å². The summed E-state index contributed by atoms with van der Waals surface area (Å²) in [6, 6.07) is 0. The standard InChI is InChI=1S/C13H19NO8/c1-3-6-9(17)10(18)11(20-2)12(21-6)13(19)22-14-7(15)4-5-8(14)16/h6,9-12,17-18H,3-5H2,1-2H3. The van der Waals surface area contributed by atoms with Crippen LogP contribution in [0.2, 0.25) is 0 Å². The highest BCUT2D eigenvalue weighted by Crippen LogP contribution is 2.26. The Morgan fingerprint density at radius 3 is 2.36 bits per heavy atom. The third kappa shape index (κ3) is 2.98. The topological polar surface area (TPSA) is 123 Å². The van der Waals surface area contributed by atoms with Gasteiger partial charge in [0.1, 0.15) is 18.3 Å². The normalized spacial score (nSPS) is 35.8. The molecule has 124 valence electrons. The van der Waals surface area contributed by atoms with Crippen LogP contribution in [0.4, 0.5) is 0 Å². The Kier molecular flexibility index (Phi) is 5.12. The summed E-state index contributed by atoms with van der Waals surface area (Å²) in [7, 11) is 1.24. The van der Waals surface area contributed by atoms with Gasteiger partial charge in [-0.1, -0.05) is 6.92 Å². The second-order valence-corrected chi connectivity index (χ2v) is 5.18. The highest BCUT2D eigenvalue weighted by Gasteiger charge is 2.49. The van der Waals surface area contributed by atoms with Crippen LogP contribution in [-0.4, -0.2) is 70.7 Å². The first-order chi connectivity index (χ1) is 10.4. The highest BCUT2D eigenvalue weighted by atomic mass is 16.7. The molecule has 0 aromatic heterocycles. The van der Waals surface area contributed by atoms with Crippen molar-refractivity contribution in [2.45, 2.75) is 56.7 Å². The summed E-state index contributed by atoms with van der Waals surface area (Å²) in [6.45, 7) is 1.71. The van der Waals surface area contributed by atoms with Crippen molar-refractivity contribution in [3.8, 4) is 0 Å². The zero-order chi connectivity index (χ0) is 16.4. The quantitative estimate of drug-likeness (QED) is 0.601. The average Bonchev–Trinajstić information content (AvgIpc) is 2.81. The van der Waals surface area contributed by atoms with Crippen molar-refractivity contribution in [2.75, 3.05) is 7.11 Å². The molecule has 2 fully saturated rings. The zero-order valence-electron chi connectivity index (χ0n) is 12.3.